The number of carbonyl (C=O) groups excluding carboxylic acids is 2. The fourth-order valence-corrected chi connectivity index (χ4v) is 3.59. The minimum absolute atomic E-state index is 0.0261. The minimum atomic E-state index is -0.889. The fourth-order valence-electron chi connectivity index (χ4n) is 3.39. The molecule has 1 amide bonds. The average Bonchev–Trinajstić information content (AvgIpc) is 3.23. The second kappa shape index (κ2) is 7.22. The Morgan fingerprint density at radius 1 is 1.10 bits per heavy atom. The van der Waals surface area contributed by atoms with E-state index in [1.54, 1.807) is 49.4 Å². The number of Topliss-reactive ketones (excluding diaryl/α,β-unsaturated/α-hetero) is 1. The Labute approximate surface area is 172 Å². The van der Waals surface area contributed by atoms with Gasteiger partial charge in [0, 0.05) is 16.7 Å². The molecule has 1 saturated heterocycles. The van der Waals surface area contributed by atoms with Crippen LogP contribution in [0.2, 0.25) is 5.02 Å². The van der Waals surface area contributed by atoms with Crippen molar-refractivity contribution in [2.24, 2.45) is 0 Å². The summed E-state index contributed by atoms with van der Waals surface area (Å²) in [5.41, 5.74) is 2.00. The number of anilines is 1. The van der Waals surface area contributed by atoms with Crippen molar-refractivity contribution in [3.8, 4) is 0 Å². The molecule has 0 radical (unpaired) electrons. The molecule has 2 heterocycles. The maximum atomic E-state index is 12.9. The van der Waals surface area contributed by atoms with Gasteiger partial charge in [0.1, 0.15) is 11.5 Å². The van der Waals surface area contributed by atoms with Gasteiger partial charge in [-0.3, -0.25) is 14.5 Å². The molecule has 1 aliphatic rings. The van der Waals surface area contributed by atoms with Crippen LogP contribution in [-0.2, 0) is 9.59 Å². The number of aliphatic hydroxyl groups excluding tert-OH is 1. The standard InChI is InChI=1S/C22H17ClN2O4/c1-12-6-8-14(9-7-12)20(26)18-19(15-4-3-5-16(23)11-15)25(22(28)21(18)27)17-10-13(2)29-24-17/h3-11,19,26H,1-2H3/b20-18+/t19-/m1/s1. The number of aromatic nitrogens is 1. The van der Waals surface area contributed by atoms with Crippen molar-refractivity contribution in [3.05, 3.63) is 87.6 Å². The molecule has 1 atom stereocenters. The van der Waals surface area contributed by atoms with Gasteiger partial charge in [-0.15, -0.1) is 0 Å². The van der Waals surface area contributed by atoms with Crippen molar-refractivity contribution >= 4 is 34.9 Å². The molecule has 2 aromatic carbocycles. The van der Waals surface area contributed by atoms with E-state index in [9.17, 15) is 14.7 Å². The van der Waals surface area contributed by atoms with Crippen LogP contribution in [-0.4, -0.2) is 22.0 Å². The first-order valence-corrected chi connectivity index (χ1v) is 9.31. The van der Waals surface area contributed by atoms with E-state index in [0.29, 0.717) is 21.9 Å². The summed E-state index contributed by atoms with van der Waals surface area (Å²) in [4.78, 5) is 27.1. The number of aryl methyl sites for hydroxylation is 2. The van der Waals surface area contributed by atoms with E-state index < -0.39 is 17.7 Å². The summed E-state index contributed by atoms with van der Waals surface area (Å²) in [7, 11) is 0. The van der Waals surface area contributed by atoms with E-state index in [0.717, 1.165) is 5.56 Å². The molecule has 3 aromatic rings. The van der Waals surface area contributed by atoms with Crippen LogP contribution >= 0.6 is 11.6 Å². The number of halogens is 1. The van der Waals surface area contributed by atoms with Gasteiger partial charge in [0.05, 0.1) is 11.6 Å². The highest BCUT2D eigenvalue weighted by molar-refractivity contribution is 6.51. The van der Waals surface area contributed by atoms with E-state index in [1.165, 1.54) is 4.90 Å². The molecule has 146 valence electrons. The first-order valence-electron chi connectivity index (χ1n) is 8.93. The quantitative estimate of drug-likeness (QED) is 0.390. The number of hydrogen-bond acceptors (Lipinski definition) is 5. The zero-order valence-corrected chi connectivity index (χ0v) is 16.5. The molecule has 29 heavy (non-hydrogen) atoms. The van der Waals surface area contributed by atoms with Gasteiger partial charge in [-0.25, -0.2) is 0 Å². The van der Waals surface area contributed by atoms with E-state index in [1.807, 2.05) is 19.1 Å². The molecule has 1 aromatic heterocycles. The Kier molecular flexibility index (Phi) is 4.72. The molecule has 0 spiro atoms. The Balaban J connectivity index is 1.95. The monoisotopic (exact) mass is 408 g/mol. The van der Waals surface area contributed by atoms with E-state index in [4.69, 9.17) is 16.1 Å². The SMILES string of the molecule is Cc1ccc(/C(O)=C2\C(=O)C(=O)N(c3cc(C)on3)[C@@H]2c2cccc(Cl)c2)cc1. The topological polar surface area (TPSA) is 83.6 Å². The van der Waals surface area contributed by atoms with Gasteiger partial charge in [0.25, 0.3) is 5.78 Å². The number of amides is 1. The number of hydrogen-bond donors (Lipinski definition) is 1. The summed E-state index contributed by atoms with van der Waals surface area (Å²) in [6.07, 6.45) is 0. The fraction of sp³-hybridized carbons (Fsp3) is 0.136. The van der Waals surface area contributed by atoms with Crippen LogP contribution in [0.4, 0.5) is 5.82 Å². The lowest BCUT2D eigenvalue weighted by Gasteiger charge is -2.23. The summed E-state index contributed by atoms with van der Waals surface area (Å²) in [5, 5.41) is 15.3. The second-order valence-corrected chi connectivity index (χ2v) is 7.32. The Hall–Kier alpha value is -3.38. The minimum Gasteiger partial charge on any atom is -0.507 e. The first-order chi connectivity index (χ1) is 13.9. The third kappa shape index (κ3) is 3.32. The molecule has 0 unspecified atom stereocenters. The first kappa shape index (κ1) is 19.0. The highest BCUT2D eigenvalue weighted by Gasteiger charge is 2.48. The van der Waals surface area contributed by atoms with Gasteiger partial charge < -0.3 is 9.63 Å². The van der Waals surface area contributed by atoms with Gasteiger partial charge >= 0.3 is 5.91 Å². The molecule has 1 fully saturated rings. The highest BCUT2D eigenvalue weighted by atomic mass is 35.5. The molecule has 6 nitrogen and oxygen atoms in total. The molecule has 4 rings (SSSR count). The van der Waals surface area contributed by atoms with Crippen LogP contribution in [0.25, 0.3) is 5.76 Å². The van der Waals surface area contributed by atoms with Gasteiger partial charge in [-0.2, -0.15) is 0 Å². The number of ketones is 1. The molecular formula is C22H17ClN2O4. The lowest BCUT2D eigenvalue weighted by atomic mass is 9.95. The predicted octanol–water partition coefficient (Wildman–Crippen LogP) is 4.57. The van der Waals surface area contributed by atoms with Crippen LogP contribution in [0.15, 0.2) is 64.7 Å². The number of aliphatic hydroxyl groups is 1. The lowest BCUT2D eigenvalue weighted by molar-refractivity contribution is -0.132. The summed E-state index contributed by atoms with van der Waals surface area (Å²) < 4.78 is 5.10. The van der Waals surface area contributed by atoms with Crippen LogP contribution < -0.4 is 4.90 Å². The van der Waals surface area contributed by atoms with E-state index in [2.05, 4.69) is 5.16 Å². The number of carbonyl (C=O) groups is 2. The molecule has 1 N–H and O–H groups in total. The van der Waals surface area contributed by atoms with Crippen LogP contribution in [0.3, 0.4) is 0 Å². The largest absolute Gasteiger partial charge is 0.507 e. The van der Waals surface area contributed by atoms with E-state index in [-0.39, 0.29) is 17.2 Å². The number of rotatable bonds is 3. The second-order valence-electron chi connectivity index (χ2n) is 6.89. The molecule has 0 saturated carbocycles. The van der Waals surface area contributed by atoms with Crippen molar-refractivity contribution in [3.63, 3.8) is 0 Å². The van der Waals surface area contributed by atoms with Crippen molar-refractivity contribution < 1.29 is 19.2 Å². The maximum absolute atomic E-state index is 12.9. The summed E-state index contributed by atoms with van der Waals surface area (Å²) >= 11 is 6.15. The van der Waals surface area contributed by atoms with Crippen molar-refractivity contribution in [2.75, 3.05) is 4.90 Å². The molecule has 7 heteroatoms. The van der Waals surface area contributed by atoms with Crippen molar-refractivity contribution in [1.29, 1.82) is 0 Å². The Morgan fingerprint density at radius 3 is 2.45 bits per heavy atom. The van der Waals surface area contributed by atoms with Crippen LogP contribution in [0, 0.1) is 13.8 Å². The van der Waals surface area contributed by atoms with Gasteiger partial charge in [0.15, 0.2) is 5.82 Å². The maximum Gasteiger partial charge on any atom is 0.301 e. The zero-order valence-electron chi connectivity index (χ0n) is 15.7. The molecular weight excluding hydrogens is 392 g/mol. The van der Waals surface area contributed by atoms with Gasteiger partial charge in [0.2, 0.25) is 0 Å². The molecule has 1 aliphatic heterocycles. The average molecular weight is 409 g/mol. The third-order valence-corrected chi connectivity index (χ3v) is 5.03. The summed E-state index contributed by atoms with van der Waals surface area (Å²) in [6, 6.07) is 14.5. The van der Waals surface area contributed by atoms with Crippen molar-refractivity contribution in [1.82, 2.24) is 5.16 Å². The predicted molar refractivity (Wildman–Crippen MR) is 109 cm³/mol. The Bertz CT molecular complexity index is 1150. The zero-order chi connectivity index (χ0) is 20.7. The highest BCUT2D eigenvalue weighted by Crippen LogP contribution is 2.42. The normalized spacial score (nSPS) is 18.4. The number of benzene rings is 2. The van der Waals surface area contributed by atoms with Crippen LogP contribution in [0.1, 0.15) is 28.5 Å². The Morgan fingerprint density at radius 2 is 1.83 bits per heavy atom. The van der Waals surface area contributed by atoms with E-state index >= 15 is 0 Å². The third-order valence-electron chi connectivity index (χ3n) is 4.80. The number of nitrogens with zero attached hydrogens (tertiary/aromatic N) is 2. The summed E-state index contributed by atoms with van der Waals surface area (Å²) in [6.45, 7) is 3.61. The molecule has 0 bridgehead atoms. The van der Waals surface area contributed by atoms with Crippen LogP contribution in [0.5, 0.6) is 0 Å². The summed E-state index contributed by atoms with van der Waals surface area (Å²) in [5.74, 6) is -1.16. The van der Waals surface area contributed by atoms with Gasteiger partial charge in [-0.05, 0) is 31.5 Å². The van der Waals surface area contributed by atoms with Crippen molar-refractivity contribution in [2.45, 2.75) is 19.9 Å². The smallest absolute Gasteiger partial charge is 0.301 e. The lowest BCUT2D eigenvalue weighted by Crippen LogP contribution is -2.29. The van der Waals surface area contributed by atoms with Gasteiger partial charge in [-0.1, -0.05) is 58.7 Å². The molecule has 0 aliphatic carbocycles.